The fourth-order valence-corrected chi connectivity index (χ4v) is 7.60. The van der Waals surface area contributed by atoms with Gasteiger partial charge in [0.2, 0.25) is 0 Å². The Morgan fingerprint density at radius 1 is 1.12 bits per heavy atom. The Morgan fingerprint density at radius 3 is 2.46 bits per heavy atom. The van der Waals surface area contributed by atoms with E-state index in [2.05, 4.69) is 15.1 Å². The predicted molar refractivity (Wildman–Crippen MR) is 163 cm³/mol. The van der Waals surface area contributed by atoms with Crippen LogP contribution in [-0.2, 0) is 13.6 Å². The summed E-state index contributed by atoms with van der Waals surface area (Å²) in [6.45, 7) is 3.00. The Labute approximate surface area is 245 Å². The largest absolute Gasteiger partial charge is 0.496 e. The third-order valence-electron chi connectivity index (χ3n) is 8.54. The smallest absolute Gasteiger partial charge is 0.261 e. The highest BCUT2D eigenvalue weighted by molar-refractivity contribution is 7.21. The van der Waals surface area contributed by atoms with Gasteiger partial charge in [-0.15, -0.1) is 11.3 Å². The lowest BCUT2D eigenvalue weighted by Gasteiger charge is -2.31. The van der Waals surface area contributed by atoms with Crippen molar-refractivity contribution in [3.8, 4) is 22.6 Å². The van der Waals surface area contributed by atoms with Gasteiger partial charge < -0.3 is 29.4 Å². The number of rotatable bonds is 12. The maximum absolute atomic E-state index is 13.5. The topological polar surface area (TPSA) is 96.3 Å². The molecule has 9 nitrogen and oxygen atoms in total. The third-order valence-corrected chi connectivity index (χ3v) is 9.71. The number of carbonyl (C=O) groups is 1. The van der Waals surface area contributed by atoms with Crippen molar-refractivity contribution in [2.45, 2.75) is 50.7 Å². The molecule has 2 bridgehead atoms. The number of hydrogen-bond donors (Lipinski definition) is 2. The number of hydrogen-bond acceptors (Lipinski definition) is 8. The van der Waals surface area contributed by atoms with E-state index in [1.807, 2.05) is 32.4 Å². The summed E-state index contributed by atoms with van der Waals surface area (Å²) in [6.07, 6.45) is 6.94. The molecule has 1 aliphatic heterocycles. The van der Waals surface area contributed by atoms with Gasteiger partial charge in [0.1, 0.15) is 11.5 Å². The fourth-order valence-electron chi connectivity index (χ4n) is 6.52. The SMILES string of the molecule is COc1cc(-c2cn(C)c(=O)c3cc(C(=O)NC4CC5CC4CN5CCCCCO)sc23)cc(OC)c1CN(C)C. The van der Waals surface area contributed by atoms with Gasteiger partial charge in [0.25, 0.3) is 11.5 Å². The van der Waals surface area contributed by atoms with Crippen molar-refractivity contribution in [1.29, 1.82) is 0 Å². The van der Waals surface area contributed by atoms with E-state index in [-0.39, 0.29) is 24.1 Å². The van der Waals surface area contributed by atoms with E-state index >= 15 is 0 Å². The summed E-state index contributed by atoms with van der Waals surface area (Å²) in [6, 6.07) is 6.37. The monoisotopic (exact) mass is 582 g/mol. The van der Waals surface area contributed by atoms with Crippen LogP contribution in [-0.4, -0.2) is 85.5 Å². The van der Waals surface area contributed by atoms with Gasteiger partial charge in [-0.2, -0.15) is 0 Å². The van der Waals surface area contributed by atoms with Crippen LogP contribution < -0.4 is 20.3 Å². The first-order chi connectivity index (χ1) is 19.7. The minimum atomic E-state index is -0.126. The van der Waals surface area contributed by atoms with Gasteiger partial charge in [-0.1, -0.05) is 0 Å². The lowest BCUT2D eigenvalue weighted by atomic mass is 10.0. The summed E-state index contributed by atoms with van der Waals surface area (Å²) in [5, 5.41) is 12.9. The second-order valence-corrected chi connectivity index (χ2v) is 12.7. The van der Waals surface area contributed by atoms with Gasteiger partial charge in [-0.3, -0.25) is 14.5 Å². The first-order valence-corrected chi connectivity index (χ1v) is 15.2. The van der Waals surface area contributed by atoms with Crippen LogP contribution in [0.2, 0.25) is 0 Å². The van der Waals surface area contributed by atoms with E-state index in [9.17, 15) is 9.59 Å². The van der Waals surface area contributed by atoms with Crippen LogP contribution in [0.3, 0.4) is 0 Å². The molecule has 2 aliphatic rings. The number of piperidine rings is 1. The Hall–Kier alpha value is -2.92. The zero-order valence-electron chi connectivity index (χ0n) is 24.7. The van der Waals surface area contributed by atoms with Crippen molar-refractivity contribution in [3.05, 3.63) is 45.2 Å². The lowest BCUT2D eigenvalue weighted by molar-refractivity contribution is 0.0910. The molecule has 3 atom stereocenters. The number of aryl methyl sites for hydroxylation is 1. The molecule has 1 aliphatic carbocycles. The number of benzene rings is 1. The molecule has 1 saturated heterocycles. The molecule has 3 unspecified atom stereocenters. The molecule has 3 aromatic rings. The zero-order valence-corrected chi connectivity index (χ0v) is 25.6. The van der Waals surface area contributed by atoms with Crippen molar-refractivity contribution in [1.82, 2.24) is 19.7 Å². The van der Waals surface area contributed by atoms with Gasteiger partial charge in [-0.25, -0.2) is 0 Å². The van der Waals surface area contributed by atoms with E-state index in [4.69, 9.17) is 14.6 Å². The third kappa shape index (κ3) is 6.02. The highest BCUT2D eigenvalue weighted by Crippen LogP contribution is 2.41. The molecule has 5 rings (SSSR count). The number of aliphatic hydroxyl groups excluding tert-OH is 1. The molecule has 1 aromatic carbocycles. The number of nitrogens with zero attached hydrogens (tertiary/aromatic N) is 3. The lowest BCUT2D eigenvalue weighted by Crippen LogP contribution is -2.45. The summed E-state index contributed by atoms with van der Waals surface area (Å²) in [5.41, 5.74) is 2.54. The van der Waals surface area contributed by atoms with Gasteiger partial charge in [0.15, 0.2) is 0 Å². The maximum atomic E-state index is 13.5. The zero-order chi connectivity index (χ0) is 29.3. The highest BCUT2D eigenvalue weighted by Gasteiger charge is 2.44. The van der Waals surface area contributed by atoms with Crippen LogP contribution >= 0.6 is 11.3 Å². The van der Waals surface area contributed by atoms with E-state index in [0.717, 1.165) is 66.6 Å². The number of unbranched alkanes of at least 4 members (excludes halogenated alkanes) is 2. The first kappa shape index (κ1) is 29.6. The van der Waals surface area contributed by atoms with Crippen molar-refractivity contribution in [2.75, 3.05) is 48.0 Å². The van der Waals surface area contributed by atoms with E-state index in [0.29, 0.717) is 40.3 Å². The molecule has 10 heteroatoms. The molecule has 2 fully saturated rings. The van der Waals surface area contributed by atoms with Gasteiger partial charge in [0, 0.05) is 55.3 Å². The van der Waals surface area contributed by atoms with E-state index in [1.54, 1.807) is 31.9 Å². The molecule has 2 N–H and O–H groups in total. The first-order valence-electron chi connectivity index (χ1n) is 14.4. The Morgan fingerprint density at radius 2 is 1.85 bits per heavy atom. The van der Waals surface area contributed by atoms with Crippen LogP contribution in [0.15, 0.2) is 29.2 Å². The molecule has 2 aromatic heterocycles. The van der Waals surface area contributed by atoms with Crippen molar-refractivity contribution >= 4 is 27.3 Å². The highest BCUT2D eigenvalue weighted by atomic mass is 32.1. The van der Waals surface area contributed by atoms with Crippen LogP contribution in [0.4, 0.5) is 0 Å². The molecule has 0 spiro atoms. The van der Waals surface area contributed by atoms with Gasteiger partial charge >= 0.3 is 0 Å². The minimum absolute atomic E-state index is 0.109. The number of ether oxygens (including phenoxy) is 2. The number of thiophene rings is 1. The molecule has 41 heavy (non-hydrogen) atoms. The number of carbonyl (C=O) groups excluding carboxylic acids is 1. The summed E-state index contributed by atoms with van der Waals surface area (Å²) in [4.78, 5) is 31.8. The minimum Gasteiger partial charge on any atom is -0.496 e. The average molecular weight is 583 g/mol. The molecule has 0 radical (unpaired) electrons. The van der Waals surface area contributed by atoms with Gasteiger partial charge in [-0.05, 0) is 82.4 Å². The Balaban J connectivity index is 1.39. The van der Waals surface area contributed by atoms with Crippen LogP contribution in [0.1, 0.15) is 47.3 Å². The standard InChI is InChI=1S/C31H42N4O5S/c1-33(2)17-24-26(39-4)12-19(13-27(24)40-5)23-18-34(3)31(38)22-15-28(41-29(22)23)30(37)32-25-14-21-11-20(25)16-35(21)9-7-6-8-10-36/h12-13,15,18,20-21,25,36H,6-11,14,16-17H2,1-5H3,(H,32,37). The summed E-state index contributed by atoms with van der Waals surface area (Å²) in [7, 11) is 9.02. The molecule has 1 amide bonds. The van der Waals surface area contributed by atoms with Crippen molar-refractivity contribution in [2.24, 2.45) is 13.0 Å². The Bertz CT molecular complexity index is 1440. The van der Waals surface area contributed by atoms with Gasteiger partial charge in [0.05, 0.1) is 30.0 Å². The predicted octanol–water partition coefficient (Wildman–Crippen LogP) is 3.70. The second-order valence-electron chi connectivity index (χ2n) is 11.7. The van der Waals surface area contributed by atoms with Crippen LogP contribution in [0, 0.1) is 5.92 Å². The fraction of sp³-hybridized carbons (Fsp3) is 0.548. The molecular weight excluding hydrogens is 540 g/mol. The number of likely N-dealkylation sites (tertiary alicyclic amines) is 1. The number of methoxy groups -OCH3 is 2. The van der Waals surface area contributed by atoms with E-state index in [1.165, 1.54) is 11.3 Å². The number of aromatic nitrogens is 1. The molecule has 3 heterocycles. The van der Waals surface area contributed by atoms with Crippen LogP contribution in [0.25, 0.3) is 21.2 Å². The number of pyridine rings is 1. The van der Waals surface area contributed by atoms with Crippen LogP contribution in [0.5, 0.6) is 11.5 Å². The van der Waals surface area contributed by atoms with Crippen molar-refractivity contribution in [3.63, 3.8) is 0 Å². The Kier molecular flexibility index (Phi) is 9.03. The molecule has 222 valence electrons. The average Bonchev–Trinajstić information content (AvgIpc) is 3.68. The molecular formula is C31H42N4O5S. The maximum Gasteiger partial charge on any atom is 0.261 e. The number of nitrogens with one attached hydrogen (secondary N) is 1. The number of fused-ring (bicyclic) bond motifs is 3. The molecule has 1 saturated carbocycles. The second kappa shape index (κ2) is 12.5. The summed E-state index contributed by atoms with van der Waals surface area (Å²) in [5.74, 6) is 1.77. The number of amides is 1. The van der Waals surface area contributed by atoms with E-state index < -0.39 is 0 Å². The summed E-state index contributed by atoms with van der Waals surface area (Å²) < 4.78 is 13.9. The summed E-state index contributed by atoms with van der Waals surface area (Å²) >= 11 is 1.37. The number of aliphatic hydroxyl groups is 1. The normalized spacial score (nSPS) is 20.3. The quantitative estimate of drug-likeness (QED) is 0.315. The van der Waals surface area contributed by atoms with Crippen molar-refractivity contribution < 1.29 is 19.4 Å².